The lowest BCUT2D eigenvalue weighted by Crippen LogP contribution is -2.41. The van der Waals surface area contributed by atoms with Gasteiger partial charge in [0.15, 0.2) is 5.49 Å². The van der Waals surface area contributed by atoms with Crippen LogP contribution in [0.1, 0.15) is 11.1 Å². The molecule has 4 aromatic rings. The van der Waals surface area contributed by atoms with Gasteiger partial charge in [-0.15, -0.1) is 0 Å². The summed E-state index contributed by atoms with van der Waals surface area (Å²) in [6.07, 6.45) is 0.462. The Morgan fingerprint density at radius 3 is 1.97 bits per heavy atom. The van der Waals surface area contributed by atoms with Crippen molar-refractivity contribution in [2.24, 2.45) is 12.1 Å². The predicted octanol–water partition coefficient (Wildman–Crippen LogP) is 4.31. The minimum Gasteiger partial charge on any atom is -0.277 e. The molecular weight excluding hydrogens is 485 g/mol. The largest absolute Gasteiger partial charge is 0.277 e. The van der Waals surface area contributed by atoms with E-state index in [1.54, 1.807) is 84.5 Å². The molecule has 35 heavy (non-hydrogen) atoms. The fourth-order valence-corrected chi connectivity index (χ4v) is 4.04. The lowest BCUT2D eigenvalue weighted by Gasteiger charge is -2.20. The number of amides is 1. The Bertz CT molecular complexity index is 1550. The molecule has 1 N–H and O–H groups in total. The van der Waals surface area contributed by atoms with E-state index in [0.717, 1.165) is 5.56 Å². The number of rotatable bonds is 6. The summed E-state index contributed by atoms with van der Waals surface area (Å²) < 4.78 is 3.12. The molecule has 4 rings (SSSR count). The van der Waals surface area contributed by atoms with E-state index in [9.17, 15) is 9.59 Å². The van der Waals surface area contributed by atoms with Crippen LogP contribution in [0.5, 0.6) is 0 Å². The SMILES string of the molecule is Cn1/c(=N\NC=O)c(-c2ccc(Cl)cc2)c(-c2ccc(Cl)cc2)c(=O)n1Cc1ccc(C#N)cc1. The van der Waals surface area contributed by atoms with Crippen LogP contribution in [-0.4, -0.2) is 15.8 Å². The zero-order valence-corrected chi connectivity index (χ0v) is 20.1. The van der Waals surface area contributed by atoms with E-state index in [1.807, 2.05) is 0 Å². The highest BCUT2D eigenvalue weighted by atomic mass is 35.5. The second-order valence-electron chi connectivity index (χ2n) is 7.64. The number of nitrogens with zero attached hydrogens (tertiary/aromatic N) is 4. The van der Waals surface area contributed by atoms with Crippen LogP contribution >= 0.6 is 23.2 Å². The van der Waals surface area contributed by atoms with Crippen molar-refractivity contribution in [2.75, 3.05) is 0 Å². The number of benzene rings is 3. The molecule has 1 amide bonds. The first-order valence-electron chi connectivity index (χ1n) is 10.5. The Hall–Kier alpha value is -4.12. The normalized spacial score (nSPS) is 11.2. The highest BCUT2D eigenvalue weighted by Gasteiger charge is 2.20. The summed E-state index contributed by atoms with van der Waals surface area (Å²) >= 11 is 12.2. The summed E-state index contributed by atoms with van der Waals surface area (Å²) in [4.78, 5) is 25.1. The molecule has 0 saturated heterocycles. The summed E-state index contributed by atoms with van der Waals surface area (Å²) in [6.45, 7) is 0.214. The average Bonchev–Trinajstić information content (AvgIpc) is 2.87. The maximum absolute atomic E-state index is 14.0. The van der Waals surface area contributed by atoms with Crippen LogP contribution in [0, 0.1) is 11.3 Å². The van der Waals surface area contributed by atoms with Crippen LogP contribution in [0.3, 0.4) is 0 Å². The monoisotopic (exact) mass is 503 g/mol. The zero-order valence-electron chi connectivity index (χ0n) is 18.6. The first kappa shape index (κ1) is 24.0. The van der Waals surface area contributed by atoms with Crippen molar-refractivity contribution in [1.82, 2.24) is 14.8 Å². The van der Waals surface area contributed by atoms with E-state index in [4.69, 9.17) is 28.5 Å². The molecule has 0 radical (unpaired) electrons. The van der Waals surface area contributed by atoms with Gasteiger partial charge in [0.1, 0.15) is 0 Å². The lowest BCUT2D eigenvalue weighted by atomic mass is 9.96. The fourth-order valence-electron chi connectivity index (χ4n) is 3.79. The minimum atomic E-state index is -0.269. The summed E-state index contributed by atoms with van der Waals surface area (Å²) in [5.41, 5.74) is 6.05. The second-order valence-corrected chi connectivity index (χ2v) is 8.51. The zero-order chi connectivity index (χ0) is 24.9. The third-order valence-corrected chi connectivity index (χ3v) is 6.00. The van der Waals surface area contributed by atoms with Gasteiger partial charge >= 0.3 is 0 Å². The van der Waals surface area contributed by atoms with Crippen molar-refractivity contribution < 1.29 is 4.79 Å². The van der Waals surface area contributed by atoms with Crippen molar-refractivity contribution >= 4 is 29.6 Å². The van der Waals surface area contributed by atoms with Crippen LogP contribution in [0.4, 0.5) is 0 Å². The Morgan fingerprint density at radius 2 is 1.46 bits per heavy atom. The second kappa shape index (κ2) is 10.4. The van der Waals surface area contributed by atoms with E-state index in [2.05, 4.69) is 16.6 Å². The Kier molecular flexibility index (Phi) is 7.16. The number of nitriles is 1. The lowest BCUT2D eigenvalue weighted by molar-refractivity contribution is -0.109. The van der Waals surface area contributed by atoms with Gasteiger partial charge in [-0.25, -0.2) is 10.1 Å². The van der Waals surface area contributed by atoms with Gasteiger partial charge in [0.2, 0.25) is 6.41 Å². The van der Waals surface area contributed by atoms with Gasteiger partial charge in [0.25, 0.3) is 5.56 Å². The molecule has 0 atom stereocenters. The van der Waals surface area contributed by atoms with Crippen LogP contribution in [0.25, 0.3) is 22.3 Å². The molecule has 3 aromatic carbocycles. The average molecular weight is 504 g/mol. The molecule has 0 aliphatic carbocycles. The standard InChI is InChI=1S/C26H19Cl2N5O2/c1-32-25(31-30-16-34)23(19-6-10-21(27)11-7-19)24(20-8-12-22(28)13-9-20)26(35)33(32)15-18-4-2-17(14-29)3-5-18/h2-13,16H,15H2,1H3,(H,30,34)/b31-25-. The van der Waals surface area contributed by atoms with Gasteiger partial charge in [-0.2, -0.15) is 10.4 Å². The van der Waals surface area contributed by atoms with E-state index in [0.29, 0.717) is 49.8 Å². The van der Waals surface area contributed by atoms with Crippen molar-refractivity contribution in [3.63, 3.8) is 0 Å². The first-order valence-corrected chi connectivity index (χ1v) is 11.3. The van der Waals surface area contributed by atoms with Gasteiger partial charge in [-0.1, -0.05) is 59.6 Å². The smallest absolute Gasteiger partial charge is 0.274 e. The van der Waals surface area contributed by atoms with Crippen LogP contribution in [0.15, 0.2) is 82.7 Å². The molecule has 0 spiro atoms. The quantitative estimate of drug-likeness (QED) is 0.313. The number of hydrogen-bond acceptors (Lipinski definition) is 4. The van der Waals surface area contributed by atoms with Crippen LogP contribution in [0.2, 0.25) is 10.0 Å². The highest BCUT2D eigenvalue weighted by molar-refractivity contribution is 6.31. The number of nitrogens with one attached hydrogen (secondary N) is 1. The summed E-state index contributed by atoms with van der Waals surface area (Å²) in [7, 11) is 1.70. The van der Waals surface area contributed by atoms with Crippen LogP contribution in [-0.2, 0) is 18.4 Å². The summed E-state index contributed by atoms with van der Waals surface area (Å²) in [5.74, 6) is 0. The van der Waals surface area contributed by atoms with Crippen LogP contribution < -0.4 is 16.5 Å². The Labute approximate surface area is 211 Å². The molecule has 0 aliphatic heterocycles. The van der Waals surface area contributed by atoms with Gasteiger partial charge in [-0.05, 0) is 53.1 Å². The molecule has 0 saturated carbocycles. The number of carbonyl (C=O) groups excluding carboxylic acids is 1. The van der Waals surface area contributed by atoms with Crippen molar-refractivity contribution in [3.05, 3.63) is 110 Å². The number of hydrogen-bond donors (Lipinski definition) is 1. The van der Waals surface area contributed by atoms with Gasteiger partial charge in [0.05, 0.1) is 23.7 Å². The molecule has 7 nitrogen and oxygen atoms in total. The molecule has 0 bridgehead atoms. The van der Waals surface area contributed by atoms with Crippen molar-refractivity contribution in [2.45, 2.75) is 6.54 Å². The molecule has 0 fully saturated rings. The molecule has 1 aromatic heterocycles. The Morgan fingerprint density at radius 1 is 0.914 bits per heavy atom. The van der Waals surface area contributed by atoms with Crippen molar-refractivity contribution in [3.8, 4) is 28.3 Å². The van der Waals surface area contributed by atoms with Gasteiger partial charge in [0, 0.05) is 22.7 Å². The molecule has 9 heteroatoms. The third-order valence-electron chi connectivity index (χ3n) is 5.49. The molecule has 1 heterocycles. The summed E-state index contributed by atoms with van der Waals surface area (Å²) in [5, 5.41) is 14.5. The van der Waals surface area contributed by atoms with Gasteiger partial charge < -0.3 is 0 Å². The van der Waals surface area contributed by atoms with Crippen molar-refractivity contribution in [1.29, 1.82) is 5.26 Å². The van der Waals surface area contributed by atoms with E-state index >= 15 is 0 Å². The fraction of sp³-hybridized carbons (Fsp3) is 0.0769. The number of aromatic nitrogens is 2. The maximum Gasteiger partial charge on any atom is 0.274 e. The number of carbonyl (C=O) groups is 1. The maximum atomic E-state index is 14.0. The topological polar surface area (TPSA) is 92.2 Å². The molecular formula is C26H19Cl2N5O2. The van der Waals surface area contributed by atoms with Gasteiger partial charge in [-0.3, -0.25) is 14.3 Å². The van der Waals surface area contributed by atoms with E-state index in [-0.39, 0.29) is 12.1 Å². The summed E-state index contributed by atoms with van der Waals surface area (Å²) in [6, 6.07) is 23.0. The predicted molar refractivity (Wildman–Crippen MR) is 136 cm³/mol. The molecule has 174 valence electrons. The Balaban J connectivity index is 2.07. The number of halogens is 2. The highest BCUT2D eigenvalue weighted by Crippen LogP contribution is 2.28. The first-order chi connectivity index (χ1) is 16.9. The third kappa shape index (κ3) is 5.04. The minimum absolute atomic E-state index is 0.214. The molecule has 0 unspecified atom stereocenters. The molecule has 0 aliphatic rings. The van der Waals surface area contributed by atoms with E-state index in [1.165, 1.54) is 4.68 Å². The van der Waals surface area contributed by atoms with E-state index < -0.39 is 0 Å².